The van der Waals surface area contributed by atoms with Gasteiger partial charge in [-0.25, -0.2) is 13.1 Å². The number of hydrogen-bond donors (Lipinski definition) is 1. The third-order valence-corrected chi connectivity index (χ3v) is 6.04. The molecule has 4 rings (SSSR count). The summed E-state index contributed by atoms with van der Waals surface area (Å²) in [5.41, 5.74) is 1.50. The van der Waals surface area contributed by atoms with E-state index < -0.39 is 10.0 Å². The molecule has 0 aliphatic carbocycles. The van der Waals surface area contributed by atoms with Crippen molar-refractivity contribution in [1.29, 1.82) is 0 Å². The molecule has 0 fully saturated rings. The molecule has 0 saturated carbocycles. The van der Waals surface area contributed by atoms with Crippen LogP contribution in [0.5, 0.6) is 0 Å². The zero-order valence-electron chi connectivity index (χ0n) is 14.2. The summed E-state index contributed by atoms with van der Waals surface area (Å²) in [6, 6.07) is 9.95. The van der Waals surface area contributed by atoms with Gasteiger partial charge in [0.2, 0.25) is 15.9 Å². The molecule has 1 amide bonds. The predicted molar refractivity (Wildman–Crippen MR) is 97.5 cm³/mol. The van der Waals surface area contributed by atoms with Crippen molar-refractivity contribution < 1.29 is 17.6 Å². The highest BCUT2D eigenvalue weighted by atomic mass is 32.2. The van der Waals surface area contributed by atoms with Gasteiger partial charge in [0.05, 0.1) is 17.1 Å². The summed E-state index contributed by atoms with van der Waals surface area (Å²) in [7, 11) is -3.66. The first-order valence-electron chi connectivity index (χ1n) is 8.12. The van der Waals surface area contributed by atoms with Crippen LogP contribution in [0.1, 0.15) is 11.3 Å². The van der Waals surface area contributed by atoms with E-state index in [9.17, 15) is 13.2 Å². The second-order valence-electron chi connectivity index (χ2n) is 5.97. The molecule has 8 nitrogen and oxygen atoms in total. The van der Waals surface area contributed by atoms with Crippen molar-refractivity contribution in [2.45, 2.75) is 18.0 Å². The van der Waals surface area contributed by atoms with Crippen LogP contribution in [-0.2, 0) is 27.9 Å². The van der Waals surface area contributed by atoms with Gasteiger partial charge in [-0.1, -0.05) is 6.58 Å². The fourth-order valence-corrected chi connectivity index (χ4v) is 4.26. The monoisotopic (exact) mass is 384 g/mol. The van der Waals surface area contributed by atoms with Crippen LogP contribution in [0.25, 0.3) is 5.69 Å². The van der Waals surface area contributed by atoms with Gasteiger partial charge in [0.15, 0.2) is 5.88 Å². The molecule has 1 N–H and O–H groups in total. The highest BCUT2D eigenvalue weighted by molar-refractivity contribution is 7.89. The topological polar surface area (TPSA) is 97.4 Å². The third-order valence-electron chi connectivity index (χ3n) is 4.24. The summed E-state index contributed by atoms with van der Waals surface area (Å²) >= 11 is 0. The van der Waals surface area contributed by atoms with Gasteiger partial charge in [0, 0.05) is 30.6 Å². The minimum atomic E-state index is -3.66. The van der Waals surface area contributed by atoms with E-state index in [1.54, 1.807) is 53.5 Å². The fraction of sp³-hybridized carbons (Fsp3) is 0.111. The minimum absolute atomic E-state index is 0.114. The van der Waals surface area contributed by atoms with Crippen LogP contribution < -0.4 is 5.32 Å². The molecule has 0 atom stereocenters. The lowest BCUT2D eigenvalue weighted by molar-refractivity contribution is -0.112. The van der Waals surface area contributed by atoms with Gasteiger partial charge in [0.1, 0.15) is 5.76 Å². The SMILES string of the molecule is C=CC(=O)Nc1cc2c(o1)CN(S(=O)(=O)c1ccc(-n3cccn3)cc1)C2. The van der Waals surface area contributed by atoms with Crippen LogP contribution in [0.15, 0.2) is 70.8 Å². The highest BCUT2D eigenvalue weighted by Gasteiger charge is 2.33. The lowest BCUT2D eigenvalue weighted by Crippen LogP contribution is -2.25. The van der Waals surface area contributed by atoms with Gasteiger partial charge in [-0.3, -0.25) is 10.1 Å². The molecule has 0 saturated heterocycles. The van der Waals surface area contributed by atoms with Crippen molar-refractivity contribution in [2.24, 2.45) is 0 Å². The molecule has 0 bridgehead atoms. The van der Waals surface area contributed by atoms with Crippen molar-refractivity contribution in [3.05, 3.63) is 72.8 Å². The van der Waals surface area contributed by atoms with Crippen LogP contribution in [0, 0.1) is 0 Å². The Morgan fingerprint density at radius 1 is 1.26 bits per heavy atom. The number of carbonyl (C=O) groups excluding carboxylic acids is 1. The molecular weight excluding hydrogens is 368 g/mol. The smallest absolute Gasteiger partial charge is 0.250 e. The van der Waals surface area contributed by atoms with E-state index in [-0.39, 0.29) is 29.8 Å². The number of nitrogens with zero attached hydrogens (tertiary/aromatic N) is 3. The first kappa shape index (κ1) is 17.3. The standard InChI is InChI=1S/C18H16N4O4S/c1-2-17(23)20-18-10-13-11-21(12-16(13)26-18)27(24,25)15-6-4-14(5-7-15)22-9-3-8-19-22/h2-10H,1,11-12H2,(H,20,23). The molecule has 3 heterocycles. The number of aromatic nitrogens is 2. The molecular formula is C18H16N4O4S. The molecule has 1 aromatic carbocycles. The number of fused-ring (bicyclic) bond motifs is 1. The van der Waals surface area contributed by atoms with Crippen LogP contribution in [0.4, 0.5) is 5.88 Å². The number of rotatable bonds is 5. The average Bonchev–Trinajstić information content (AvgIpc) is 3.38. The summed E-state index contributed by atoms with van der Waals surface area (Å²) in [4.78, 5) is 11.5. The van der Waals surface area contributed by atoms with Gasteiger partial charge in [-0.2, -0.15) is 9.40 Å². The van der Waals surface area contributed by atoms with E-state index in [0.29, 0.717) is 5.76 Å². The average molecular weight is 384 g/mol. The molecule has 0 spiro atoms. The Kier molecular flexibility index (Phi) is 4.17. The third kappa shape index (κ3) is 3.18. The quantitative estimate of drug-likeness (QED) is 0.681. The van der Waals surface area contributed by atoms with Crippen LogP contribution >= 0.6 is 0 Å². The molecule has 1 aliphatic rings. The van der Waals surface area contributed by atoms with E-state index in [1.807, 2.05) is 0 Å². The Morgan fingerprint density at radius 3 is 2.67 bits per heavy atom. The number of hydrogen-bond acceptors (Lipinski definition) is 5. The van der Waals surface area contributed by atoms with E-state index in [2.05, 4.69) is 17.0 Å². The number of carbonyl (C=O) groups is 1. The number of furan rings is 1. The number of nitrogens with one attached hydrogen (secondary N) is 1. The van der Waals surface area contributed by atoms with E-state index in [0.717, 1.165) is 17.3 Å². The highest BCUT2D eigenvalue weighted by Crippen LogP contribution is 2.32. The van der Waals surface area contributed by atoms with Gasteiger partial charge in [-0.05, 0) is 36.4 Å². The molecule has 0 unspecified atom stereocenters. The maximum Gasteiger partial charge on any atom is 0.250 e. The Balaban J connectivity index is 1.52. The van der Waals surface area contributed by atoms with Gasteiger partial charge < -0.3 is 4.42 Å². The molecule has 9 heteroatoms. The van der Waals surface area contributed by atoms with E-state index >= 15 is 0 Å². The molecule has 1 aliphatic heterocycles. The zero-order valence-corrected chi connectivity index (χ0v) is 15.0. The Morgan fingerprint density at radius 2 is 2.04 bits per heavy atom. The normalized spacial score (nSPS) is 14.1. The van der Waals surface area contributed by atoms with Crippen molar-refractivity contribution in [1.82, 2.24) is 14.1 Å². The van der Waals surface area contributed by atoms with Crippen molar-refractivity contribution in [2.75, 3.05) is 5.32 Å². The van der Waals surface area contributed by atoms with E-state index in [1.165, 1.54) is 4.31 Å². The largest absolute Gasteiger partial charge is 0.444 e. The Labute approximate surface area is 155 Å². The first-order chi connectivity index (χ1) is 13.0. The lowest BCUT2D eigenvalue weighted by Gasteiger charge is -2.16. The summed E-state index contributed by atoms with van der Waals surface area (Å²) < 4.78 is 34.3. The fourth-order valence-electron chi connectivity index (χ4n) is 2.89. The number of anilines is 1. The maximum atomic E-state index is 12.9. The molecule has 3 aromatic rings. The first-order valence-corrected chi connectivity index (χ1v) is 9.56. The summed E-state index contributed by atoms with van der Waals surface area (Å²) in [5, 5.41) is 6.65. The van der Waals surface area contributed by atoms with Crippen LogP contribution in [-0.4, -0.2) is 28.4 Å². The van der Waals surface area contributed by atoms with Gasteiger partial charge in [-0.15, -0.1) is 0 Å². The second kappa shape index (κ2) is 6.53. The zero-order chi connectivity index (χ0) is 19.0. The lowest BCUT2D eigenvalue weighted by atomic mass is 10.3. The Hall–Kier alpha value is -3.17. The van der Waals surface area contributed by atoms with Crippen molar-refractivity contribution in [3.8, 4) is 5.69 Å². The van der Waals surface area contributed by atoms with Crippen LogP contribution in [0.3, 0.4) is 0 Å². The molecule has 2 aromatic heterocycles. The second-order valence-corrected chi connectivity index (χ2v) is 7.91. The summed E-state index contributed by atoms with van der Waals surface area (Å²) in [6.07, 6.45) is 4.57. The summed E-state index contributed by atoms with van der Waals surface area (Å²) in [6.45, 7) is 3.67. The van der Waals surface area contributed by atoms with Crippen molar-refractivity contribution in [3.63, 3.8) is 0 Å². The van der Waals surface area contributed by atoms with Gasteiger partial charge in [0.25, 0.3) is 0 Å². The van der Waals surface area contributed by atoms with Gasteiger partial charge >= 0.3 is 0 Å². The maximum absolute atomic E-state index is 12.9. The number of amides is 1. The minimum Gasteiger partial charge on any atom is -0.444 e. The predicted octanol–water partition coefficient (Wildman–Crippen LogP) is 2.29. The molecule has 27 heavy (non-hydrogen) atoms. The molecule has 138 valence electrons. The Bertz CT molecular complexity index is 1080. The summed E-state index contributed by atoms with van der Waals surface area (Å²) in [5.74, 6) is 0.417. The van der Waals surface area contributed by atoms with Crippen LogP contribution in [0.2, 0.25) is 0 Å². The molecule has 0 radical (unpaired) electrons. The van der Waals surface area contributed by atoms with Crippen molar-refractivity contribution >= 4 is 21.8 Å². The number of benzene rings is 1. The number of sulfonamides is 1. The van der Waals surface area contributed by atoms with E-state index in [4.69, 9.17) is 4.42 Å².